The molecule has 0 saturated carbocycles. The van der Waals surface area contributed by atoms with Gasteiger partial charge < -0.3 is 5.11 Å². The van der Waals surface area contributed by atoms with Gasteiger partial charge in [-0.25, -0.2) is 0 Å². The van der Waals surface area contributed by atoms with Gasteiger partial charge in [-0.2, -0.15) is 0 Å². The Morgan fingerprint density at radius 1 is 0.765 bits per heavy atom. The monoisotopic (exact) mass is 222 g/mol. The maximum Gasteiger partial charge on any atom is 0.116 e. The zero-order chi connectivity index (χ0) is 12.0. The van der Waals surface area contributed by atoms with Crippen molar-refractivity contribution in [1.29, 1.82) is 0 Å². The minimum absolute atomic E-state index is 0.320. The summed E-state index contributed by atoms with van der Waals surface area (Å²) < 4.78 is 0. The Kier molecular flexibility index (Phi) is 2.08. The van der Waals surface area contributed by atoms with Crippen molar-refractivity contribution in [2.24, 2.45) is 0 Å². The molecule has 17 heavy (non-hydrogen) atoms. The van der Waals surface area contributed by atoms with Gasteiger partial charge in [0.05, 0.1) is 0 Å². The minimum Gasteiger partial charge on any atom is -0.508 e. The Bertz CT molecular complexity index is 726. The van der Waals surface area contributed by atoms with Crippen LogP contribution in [0, 0.1) is 13.8 Å². The summed E-state index contributed by atoms with van der Waals surface area (Å²) >= 11 is 0. The zero-order valence-electron chi connectivity index (χ0n) is 9.99. The second-order valence-electron chi connectivity index (χ2n) is 4.57. The minimum atomic E-state index is 0.320. The molecule has 3 aromatic carbocycles. The molecule has 0 aliphatic rings. The lowest BCUT2D eigenvalue weighted by molar-refractivity contribution is 0.476. The Balaban J connectivity index is 2.53. The number of phenols is 1. The number of hydrogen-bond acceptors (Lipinski definition) is 1. The third kappa shape index (κ3) is 1.47. The van der Waals surface area contributed by atoms with Crippen LogP contribution in [-0.2, 0) is 0 Å². The van der Waals surface area contributed by atoms with E-state index >= 15 is 0 Å². The van der Waals surface area contributed by atoms with Gasteiger partial charge in [0.25, 0.3) is 0 Å². The molecule has 0 bridgehead atoms. The van der Waals surface area contributed by atoms with Crippen LogP contribution in [0.4, 0.5) is 0 Å². The molecule has 0 atom stereocenters. The fourth-order valence-corrected chi connectivity index (χ4v) is 2.39. The Morgan fingerprint density at radius 2 is 1.47 bits per heavy atom. The Labute approximate surface area is 100 Å². The van der Waals surface area contributed by atoms with E-state index in [1.807, 2.05) is 12.1 Å². The molecule has 0 aliphatic heterocycles. The molecular formula is C16H14O. The van der Waals surface area contributed by atoms with E-state index in [1.165, 1.54) is 27.3 Å². The van der Waals surface area contributed by atoms with Crippen LogP contribution in [0.25, 0.3) is 21.5 Å². The fraction of sp³-hybridized carbons (Fsp3) is 0.125. The number of fused-ring (bicyclic) bond motifs is 3. The number of benzene rings is 3. The maximum atomic E-state index is 9.50. The van der Waals surface area contributed by atoms with Crippen molar-refractivity contribution in [3.05, 3.63) is 53.6 Å². The summed E-state index contributed by atoms with van der Waals surface area (Å²) in [6, 6.07) is 14.1. The second-order valence-corrected chi connectivity index (χ2v) is 4.57. The van der Waals surface area contributed by atoms with Crippen LogP contribution in [0.5, 0.6) is 5.75 Å². The molecule has 0 fully saturated rings. The summed E-state index contributed by atoms with van der Waals surface area (Å²) in [6.07, 6.45) is 0. The van der Waals surface area contributed by atoms with Crippen LogP contribution in [0.15, 0.2) is 42.5 Å². The van der Waals surface area contributed by atoms with Crippen LogP contribution in [0.1, 0.15) is 11.1 Å². The van der Waals surface area contributed by atoms with E-state index < -0.39 is 0 Å². The summed E-state index contributed by atoms with van der Waals surface area (Å²) in [5.41, 5.74) is 2.65. The molecular weight excluding hydrogens is 208 g/mol. The van der Waals surface area contributed by atoms with Crippen LogP contribution in [0.3, 0.4) is 0 Å². The van der Waals surface area contributed by atoms with Crippen LogP contribution in [-0.4, -0.2) is 5.11 Å². The highest BCUT2D eigenvalue weighted by Crippen LogP contribution is 2.30. The van der Waals surface area contributed by atoms with E-state index in [-0.39, 0.29) is 0 Å². The van der Waals surface area contributed by atoms with Crippen molar-refractivity contribution in [2.75, 3.05) is 0 Å². The standard InChI is InChI=1S/C16H14O/c1-10-3-6-16-14(11(10)2)7-4-12-9-13(17)5-8-15(12)16/h3-9,17H,1-2H3. The average molecular weight is 222 g/mol. The van der Waals surface area contributed by atoms with Gasteiger partial charge in [0.2, 0.25) is 0 Å². The highest BCUT2D eigenvalue weighted by Gasteiger charge is 2.04. The van der Waals surface area contributed by atoms with Gasteiger partial charge in [-0.05, 0) is 58.7 Å². The molecule has 1 heteroatoms. The van der Waals surface area contributed by atoms with Crippen LogP contribution < -0.4 is 0 Å². The summed E-state index contributed by atoms with van der Waals surface area (Å²) in [6.45, 7) is 4.29. The fourth-order valence-electron chi connectivity index (χ4n) is 2.39. The lowest BCUT2D eigenvalue weighted by Crippen LogP contribution is -1.85. The normalized spacial score (nSPS) is 11.2. The molecule has 0 radical (unpaired) electrons. The van der Waals surface area contributed by atoms with Gasteiger partial charge in [0, 0.05) is 0 Å². The molecule has 1 N–H and O–H groups in total. The SMILES string of the molecule is Cc1ccc2c(ccc3cc(O)ccc32)c1C. The number of rotatable bonds is 0. The molecule has 0 amide bonds. The van der Waals surface area contributed by atoms with E-state index in [0.29, 0.717) is 5.75 Å². The first-order valence-electron chi connectivity index (χ1n) is 5.78. The summed E-state index contributed by atoms with van der Waals surface area (Å²) in [7, 11) is 0. The van der Waals surface area contributed by atoms with Crippen molar-refractivity contribution < 1.29 is 5.11 Å². The van der Waals surface area contributed by atoms with E-state index in [2.05, 4.69) is 38.1 Å². The number of hydrogen-bond donors (Lipinski definition) is 1. The predicted molar refractivity (Wildman–Crippen MR) is 72.6 cm³/mol. The topological polar surface area (TPSA) is 20.2 Å². The van der Waals surface area contributed by atoms with Gasteiger partial charge in [-0.3, -0.25) is 0 Å². The van der Waals surface area contributed by atoms with E-state index in [9.17, 15) is 5.11 Å². The third-order valence-electron chi connectivity index (χ3n) is 3.54. The smallest absolute Gasteiger partial charge is 0.116 e. The molecule has 0 unspecified atom stereocenters. The molecule has 0 saturated heterocycles. The highest BCUT2D eigenvalue weighted by atomic mass is 16.3. The van der Waals surface area contributed by atoms with Crippen molar-refractivity contribution in [3.8, 4) is 5.75 Å². The molecule has 1 nitrogen and oxygen atoms in total. The largest absolute Gasteiger partial charge is 0.508 e. The molecule has 0 heterocycles. The van der Waals surface area contributed by atoms with E-state index in [1.54, 1.807) is 6.07 Å². The van der Waals surface area contributed by atoms with Crippen molar-refractivity contribution in [1.82, 2.24) is 0 Å². The molecule has 0 aromatic heterocycles. The summed E-state index contributed by atoms with van der Waals surface area (Å²) in [5.74, 6) is 0.320. The lowest BCUT2D eigenvalue weighted by Gasteiger charge is -2.09. The molecule has 0 aliphatic carbocycles. The first-order valence-corrected chi connectivity index (χ1v) is 5.78. The van der Waals surface area contributed by atoms with Crippen molar-refractivity contribution in [2.45, 2.75) is 13.8 Å². The van der Waals surface area contributed by atoms with E-state index in [0.717, 1.165) is 5.39 Å². The van der Waals surface area contributed by atoms with Gasteiger partial charge in [-0.1, -0.05) is 30.3 Å². The number of aromatic hydroxyl groups is 1. The number of aryl methyl sites for hydroxylation is 2. The second kappa shape index (κ2) is 3.49. The lowest BCUT2D eigenvalue weighted by atomic mass is 9.96. The van der Waals surface area contributed by atoms with Gasteiger partial charge in [0.1, 0.15) is 5.75 Å². The zero-order valence-corrected chi connectivity index (χ0v) is 9.99. The highest BCUT2D eigenvalue weighted by molar-refractivity contribution is 6.08. The first-order chi connectivity index (χ1) is 8.16. The summed E-state index contributed by atoms with van der Waals surface area (Å²) in [5, 5.41) is 14.3. The quantitative estimate of drug-likeness (QED) is 0.562. The maximum absolute atomic E-state index is 9.50. The van der Waals surface area contributed by atoms with Gasteiger partial charge >= 0.3 is 0 Å². The van der Waals surface area contributed by atoms with Crippen molar-refractivity contribution in [3.63, 3.8) is 0 Å². The first kappa shape index (κ1) is 10.2. The molecule has 0 spiro atoms. The Morgan fingerprint density at radius 3 is 2.29 bits per heavy atom. The third-order valence-corrected chi connectivity index (χ3v) is 3.54. The van der Waals surface area contributed by atoms with Crippen LogP contribution in [0.2, 0.25) is 0 Å². The molecule has 3 rings (SSSR count). The van der Waals surface area contributed by atoms with Gasteiger partial charge in [-0.15, -0.1) is 0 Å². The van der Waals surface area contributed by atoms with Crippen molar-refractivity contribution >= 4 is 21.5 Å². The van der Waals surface area contributed by atoms with E-state index in [4.69, 9.17) is 0 Å². The van der Waals surface area contributed by atoms with Gasteiger partial charge in [0.15, 0.2) is 0 Å². The average Bonchev–Trinajstić information content (AvgIpc) is 2.33. The molecule has 3 aromatic rings. The molecule has 84 valence electrons. The Hall–Kier alpha value is -2.02. The predicted octanol–water partition coefficient (Wildman–Crippen LogP) is 4.32. The number of phenolic OH excluding ortho intramolecular Hbond substituents is 1. The van der Waals surface area contributed by atoms with Crippen LogP contribution >= 0.6 is 0 Å². The summed E-state index contributed by atoms with van der Waals surface area (Å²) in [4.78, 5) is 0.